The average molecular weight is 987 g/mol. The fourth-order valence-electron chi connectivity index (χ4n) is 3.17. The fourth-order valence-corrected chi connectivity index (χ4v) is 4.09. The van der Waals surface area contributed by atoms with Gasteiger partial charge in [0.05, 0.1) is 6.10 Å². The van der Waals surface area contributed by atoms with E-state index in [1.165, 1.54) is 22.3 Å². The summed E-state index contributed by atoms with van der Waals surface area (Å²) < 4.78 is 39.0. The van der Waals surface area contributed by atoms with E-state index in [2.05, 4.69) is 135 Å². The van der Waals surface area contributed by atoms with Crippen molar-refractivity contribution in [3.8, 4) is 0 Å². The number of halogens is 9. The van der Waals surface area contributed by atoms with Crippen molar-refractivity contribution in [2.24, 2.45) is 0 Å². The lowest BCUT2D eigenvalue weighted by Gasteiger charge is -2.02. The predicted octanol–water partition coefficient (Wildman–Crippen LogP) is 11.3. The van der Waals surface area contributed by atoms with Gasteiger partial charge in [0.1, 0.15) is 11.4 Å². The normalized spacial score (nSPS) is 12.4. The van der Waals surface area contributed by atoms with Crippen molar-refractivity contribution in [3.05, 3.63) is 125 Å². The maximum absolute atomic E-state index is 9.75. The van der Waals surface area contributed by atoms with Gasteiger partial charge in [0.2, 0.25) is 0 Å². The maximum Gasteiger partial charge on any atom is 0.673 e. The van der Waals surface area contributed by atoms with Gasteiger partial charge in [0.25, 0.3) is 0 Å². The van der Waals surface area contributed by atoms with Gasteiger partial charge in [-0.1, -0.05) is 114 Å². The van der Waals surface area contributed by atoms with Crippen LogP contribution in [0.25, 0.3) is 0 Å². The van der Waals surface area contributed by atoms with E-state index in [0.717, 1.165) is 22.6 Å². The van der Waals surface area contributed by atoms with Crippen molar-refractivity contribution in [2.45, 2.75) is 55.2 Å². The number of hydrogen-bond donors (Lipinski definition) is 4. The van der Waals surface area contributed by atoms with Gasteiger partial charge in [-0.3, -0.25) is 0 Å². The Morgan fingerprint density at radius 3 is 1.02 bits per heavy atom. The Kier molecular flexibility index (Phi) is 28.4. The molecular formula is C33H46BBr5F4N3O+. The molecule has 4 unspecified atom stereocenters. The summed E-state index contributed by atoms with van der Waals surface area (Å²) in [5, 5.41) is 9.07. The number of aliphatic hydroxyl groups is 1. The van der Waals surface area contributed by atoms with Crippen LogP contribution in [0.1, 0.15) is 76.1 Å². The van der Waals surface area contributed by atoms with Crippen LogP contribution in [0.2, 0.25) is 0 Å². The van der Waals surface area contributed by atoms with E-state index in [0.29, 0.717) is 14.5 Å². The van der Waals surface area contributed by atoms with Crippen LogP contribution in [-0.4, -0.2) is 12.4 Å². The van der Waals surface area contributed by atoms with Gasteiger partial charge in [0.15, 0.2) is 0 Å². The van der Waals surface area contributed by atoms with Crippen LogP contribution in [0.5, 0.6) is 0 Å². The van der Waals surface area contributed by atoms with Crippen LogP contribution in [0.15, 0.2) is 97.1 Å². The summed E-state index contributed by atoms with van der Waals surface area (Å²) in [5.41, 5.74) is 22.1. The van der Waals surface area contributed by atoms with Gasteiger partial charge in [-0.25, -0.2) is 0 Å². The smallest absolute Gasteiger partial charge is 0.418 e. The molecule has 4 aromatic carbocycles. The summed E-state index contributed by atoms with van der Waals surface area (Å²) in [6, 6.07) is 32.2. The fraction of sp³-hybridized carbons (Fsp3) is 0.273. The van der Waals surface area contributed by atoms with Crippen LogP contribution >= 0.6 is 81.8 Å². The first-order chi connectivity index (χ1) is 20.8. The number of aryl methyl sites for hydroxylation is 1. The van der Waals surface area contributed by atoms with E-state index in [4.69, 9.17) is 10.8 Å². The number of nitrogens with two attached hydrogens (primary N) is 1. The van der Waals surface area contributed by atoms with Crippen LogP contribution in [0, 0.1) is 6.92 Å². The molecule has 47 heavy (non-hydrogen) atoms. The van der Waals surface area contributed by atoms with Gasteiger partial charge in [0, 0.05) is 20.2 Å². The van der Waals surface area contributed by atoms with Crippen LogP contribution in [0.3, 0.4) is 0 Å². The molecule has 0 radical (unpaired) electrons. The first-order valence-electron chi connectivity index (χ1n) is 14.0. The second-order valence-corrected chi connectivity index (χ2v) is 14.2. The average Bonchev–Trinajstić information content (AvgIpc) is 2.94. The minimum absolute atomic E-state index is 0. The largest absolute Gasteiger partial charge is 0.673 e. The highest BCUT2D eigenvalue weighted by Gasteiger charge is 2.20. The molecule has 0 aliphatic carbocycles. The summed E-state index contributed by atoms with van der Waals surface area (Å²) in [5.74, 6) is 0. The van der Waals surface area contributed by atoms with Gasteiger partial charge in [-0.05, 0) is 93.3 Å². The summed E-state index contributed by atoms with van der Waals surface area (Å²) in [6.07, 6.45) is -0.402. The second-order valence-electron chi connectivity index (χ2n) is 10.1. The molecule has 0 aliphatic rings. The number of aliphatic hydroxyl groups excluding tert-OH is 1. The maximum atomic E-state index is 9.75. The SMILES string of the molecule is Br.Br.CC(Br)c1ccc([NH3+])cc1.CC(Br)c1ccc([NH3+])cc1.CC(O)c1ccc(N)cc1.Cc1ccc(C(C)Br)cc1.F[B-](F)(F)F. The molecule has 0 bridgehead atoms. The van der Waals surface area contributed by atoms with Crippen molar-refractivity contribution in [3.63, 3.8) is 0 Å². The standard InChI is InChI=1S/C9H11Br.2C8H10BrN.C8H11NO.BF4.2BrH/c1-7-3-5-9(6-4-7)8(2)10;2*1-6(9)7-2-4-8(10)5-3-7;1-6(10)7-2-4-8(9)5-3-7;2-1(3,4)5;;/h3-6,8H,1-2H3;2*2-6H,10H2,1H3;2-6,10H,9H2,1H3;;2*1H/q;;;;-1;;/p+2. The van der Waals surface area contributed by atoms with Gasteiger partial charge < -0.3 is 39.6 Å². The molecule has 0 saturated heterocycles. The third kappa shape index (κ3) is 27.3. The van der Waals surface area contributed by atoms with E-state index in [9.17, 15) is 17.3 Å². The van der Waals surface area contributed by atoms with Crippen molar-refractivity contribution in [1.82, 2.24) is 0 Å². The third-order valence-electron chi connectivity index (χ3n) is 5.83. The Labute approximate surface area is 323 Å². The van der Waals surface area contributed by atoms with Crippen molar-refractivity contribution >= 4 is 106 Å². The number of hydrogen-bond acceptors (Lipinski definition) is 2. The molecule has 14 heteroatoms. The minimum Gasteiger partial charge on any atom is -0.418 e. The molecule has 4 atom stereocenters. The number of benzene rings is 4. The number of alkyl halides is 3. The number of quaternary nitrogens is 2. The molecule has 0 heterocycles. The lowest BCUT2D eigenvalue weighted by Crippen LogP contribution is -2.39. The number of nitrogen functional groups attached to an aromatic ring is 1. The Morgan fingerprint density at radius 2 is 0.787 bits per heavy atom. The monoisotopic (exact) mass is 982 g/mol. The zero-order valence-corrected chi connectivity index (χ0v) is 35.2. The summed E-state index contributed by atoms with van der Waals surface area (Å²) in [4.78, 5) is 1.34. The van der Waals surface area contributed by atoms with E-state index >= 15 is 0 Å². The lowest BCUT2D eigenvalue weighted by atomic mass is 10.1. The quantitative estimate of drug-likeness (QED) is 0.0709. The predicted molar refractivity (Wildman–Crippen MR) is 214 cm³/mol. The molecule has 0 aromatic heterocycles. The molecule has 0 saturated carbocycles. The van der Waals surface area contributed by atoms with Crippen molar-refractivity contribution in [2.75, 3.05) is 5.73 Å². The highest BCUT2D eigenvalue weighted by Crippen LogP contribution is 2.23. The first kappa shape index (κ1) is 50.1. The Morgan fingerprint density at radius 1 is 0.553 bits per heavy atom. The minimum atomic E-state index is -6.00. The highest BCUT2D eigenvalue weighted by molar-refractivity contribution is 9.09. The second kappa shape index (κ2) is 26.6. The lowest BCUT2D eigenvalue weighted by molar-refractivity contribution is -0.255. The molecule has 4 rings (SSSR count). The molecular weight excluding hydrogens is 941 g/mol. The highest BCUT2D eigenvalue weighted by atomic mass is 79.9. The molecule has 9 N–H and O–H groups in total. The molecule has 0 spiro atoms. The van der Waals surface area contributed by atoms with E-state index in [-0.39, 0.29) is 34.0 Å². The topological polar surface area (TPSA) is 102 Å². The van der Waals surface area contributed by atoms with Crippen LogP contribution in [0.4, 0.5) is 34.3 Å². The third-order valence-corrected chi connectivity index (χ3v) is 7.42. The first-order valence-corrected chi connectivity index (χ1v) is 16.8. The van der Waals surface area contributed by atoms with Gasteiger partial charge >= 0.3 is 7.25 Å². The van der Waals surface area contributed by atoms with Gasteiger partial charge in [-0.2, -0.15) is 0 Å². The van der Waals surface area contributed by atoms with Crippen LogP contribution < -0.4 is 17.2 Å². The summed E-state index contributed by atoms with van der Waals surface area (Å²) in [7, 11) is -6.00. The molecule has 0 fully saturated rings. The van der Waals surface area contributed by atoms with Gasteiger partial charge in [-0.15, -0.1) is 34.0 Å². The molecule has 4 nitrogen and oxygen atoms in total. The van der Waals surface area contributed by atoms with Crippen LogP contribution in [-0.2, 0) is 0 Å². The van der Waals surface area contributed by atoms with Crippen molar-refractivity contribution in [1.29, 1.82) is 0 Å². The van der Waals surface area contributed by atoms with E-state index < -0.39 is 13.4 Å². The summed E-state index contributed by atoms with van der Waals surface area (Å²) in [6.45, 7) is 10.2. The number of rotatable bonds is 4. The molecule has 264 valence electrons. The Balaban J connectivity index is -0.000000518. The Hall–Kier alpha value is -1.26. The molecule has 0 amide bonds. The zero-order valence-electron chi connectivity index (χ0n) is 27.0. The summed E-state index contributed by atoms with van der Waals surface area (Å²) >= 11 is 10.5. The Bertz CT molecular complexity index is 1130. The van der Waals surface area contributed by atoms with E-state index in [1.807, 2.05) is 36.4 Å². The van der Waals surface area contributed by atoms with Crippen molar-refractivity contribution < 1.29 is 33.8 Å². The van der Waals surface area contributed by atoms with E-state index in [1.54, 1.807) is 19.1 Å². The molecule has 4 aromatic rings. The zero-order chi connectivity index (χ0) is 34.7. The number of anilines is 1. The molecule has 0 aliphatic heterocycles.